The van der Waals surface area contributed by atoms with Crippen molar-refractivity contribution in [2.24, 2.45) is 0 Å². The summed E-state index contributed by atoms with van der Waals surface area (Å²) in [7, 11) is 3.69. The summed E-state index contributed by atoms with van der Waals surface area (Å²) < 4.78 is 5.48. The molecule has 1 heterocycles. The lowest BCUT2D eigenvalue weighted by Gasteiger charge is -2.35. The predicted octanol–water partition coefficient (Wildman–Crippen LogP) is 1.05. The van der Waals surface area contributed by atoms with Crippen LogP contribution in [0.5, 0.6) is 0 Å². The number of amides is 1. The first kappa shape index (κ1) is 22.2. The number of methoxy groups -OCH3 is 1. The van der Waals surface area contributed by atoms with Gasteiger partial charge in [0.15, 0.2) is 0 Å². The Morgan fingerprint density at radius 2 is 1.90 bits per heavy atom. The van der Waals surface area contributed by atoms with Crippen molar-refractivity contribution >= 4 is 30.7 Å². The number of rotatable bonds is 6. The standard InChI is InChI=1S/C13H27N3O2.2ClH/c1-11(2)16(3)10-9-15-12(17)13(18-4)5-7-14-8-6-13;;/h11,14H,5-10H2,1-4H3,(H,15,17);2*1H. The molecule has 1 saturated heterocycles. The molecule has 0 spiro atoms. The van der Waals surface area contributed by atoms with Gasteiger partial charge in [-0.05, 0) is 46.8 Å². The van der Waals surface area contributed by atoms with Gasteiger partial charge in [-0.25, -0.2) is 0 Å². The molecule has 0 saturated carbocycles. The highest BCUT2D eigenvalue weighted by atomic mass is 35.5. The first-order chi connectivity index (χ1) is 8.52. The molecule has 1 rings (SSSR count). The van der Waals surface area contributed by atoms with E-state index in [1.54, 1.807) is 7.11 Å². The highest BCUT2D eigenvalue weighted by Crippen LogP contribution is 2.22. The van der Waals surface area contributed by atoms with Gasteiger partial charge in [-0.1, -0.05) is 0 Å². The molecule has 20 heavy (non-hydrogen) atoms. The van der Waals surface area contributed by atoms with Crippen LogP contribution in [-0.2, 0) is 9.53 Å². The largest absolute Gasteiger partial charge is 0.368 e. The molecule has 1 aliphatic rings. The molecule has 0 atom stereocenters. The summed E-state index contributed by atoms with van der Waals surface area (Å²) in [4.78, 5) is 14.4. The first-order valence-electron chi connectivity index (χ1n) is 6.76. The van der Waals surface area contributed by atoms with E-state index in [2.05, 4.69) is 36.4 Å². The molecule has 0 aliphatic carbocycles. The fourth-order valence-electron chi connectivity index (χ4n) is 2.12. The van der Waals surface area contributed by atoms with Gasteiger partial charge in [0.25, 0.3) is 5.91 Å². The molecule has 5 nitrogen and oxygen atoms in total. The molecule has 1 fully saturated rings. The molecule has 0 radical (unpaired) electrons. The lowest BCUT2D eigenvalue weighted by molar-refractivity contribution is -0.146. The number of piperidine rings is 1. The zero-order chi connectivity index (χ0) is 13.6. The fourth-order valence-corrected chi connectivity index (χ4v) is 2.12. The Hall–Kier alpha value is -0.0700. The van der Waals surface area contributed by atoms with Crippen LogP contribution in [0.4, 0.5) is 0 Å². The average Bonchev–Trinajstić information content (AvgIpc) is 2.39. The molecular weight excluding hydrogens is 301 g/mol. The van der Waals surface area contributed by atoms with Crippen LogP contribution in [0.1, 0.15) is 26.7 Å². The number of hydrogen-bond acceptors (Lipinski definition) is 4. The van der Waals surface area contributed by atoms with Crippen molar-refractivity contribution in [3.8, 4) is 0 Å². The maximum atomic E-state index is 12.2. The van der Waals surface area contributed by atoms with Gasteiger partial charge in [0.1, 0.15) is 5.60 Å². The Kier molecular flexibility index (Phi) is 11.8. The van der Waals surface area contributed by atoms with Crippen molar-refractivity contribution in [3.63, 3.8) is 0 Å². The number of hydrogen-bond donors (Lipinski definition) is 2. The Bertz CT molecular complexity index is 272. The third kappa shape index (κ3) is 6.14. The molecule has 7 heteroatoms. The third-order valence-electron chi connectivity index (χ3n) is 3.85. The Morgan fingerprint density at radius 1 is 1.35 bits per heavy atom. The fraction of sp³-hybridized carbons (Fsp3) is 0.923. The van der Waals surface area contributed by atoms with Crippen LogP contribution in [0.25, 0.3) is 0 Å². The van der Waals surface area contributed by atoms with Gasteiger partial charge in [-0.3, -0.25) is 4.79 Å². The van der Waals surface area contributed by atoms with Gasteiger partial charge < -0.3 is 20.3 Å². The van der Waals surface area contributed by atoms with E-state index in [0.29, 0.717) is 12.6 Å². The van der Waals surface area contributed by atoms with Crippen molar-refractivity contribution in [2.45, 2.75) is 38.3 Å². The highest BCUT2D eigenvalue weighted by Gasteiger charge is 2.39. The lowest BCUT2D eigenvalue weighted by atomic mass is 9.91. The van der Waals surface area contributed by atoms with Crippen LogP contribution in [0.15, 0.2) is 0 Å². The van der Waals surface area contributed by atoms with E-state index in [1.807, 2.05) is 0 Å². The van der Waals surface area contributed by atoms with Gasteiger partial charge in [0, 0.05) is 26.2 Å². The third-order valence-corrected chi connectivity index (χ3v) is 3.85. The number of carbonyl (C=O) groups is 1. The summed E-state index contributed by atoms with van der Waals surface area (Å²) in [6.45, 7) is 7.50. The lowest BCUT2D eigenvalue weighted by Crippen LogP contribution is -2.55. The van der Waals surface area contributed by atoms with E-state index in [9.17, 15) is 4.79 Å². The van der Waals surface area contributed by atoms with E-state index in [1.165, 1.54) is 0 Å². The summed E-state index contributed by atoms with van der Waals surface area (Å²) in [5.41, 5.74) is -0.623. The summed E-state index contributed by atoms with van der Waals surface area (Å²) in [5, 5.41) is 6.25. The second-order valence-electron chi connectivity index (χ2n) is 5.28. The van der Waals surface area contributed by atoms with E-state index in [4.69, 9.17) is 4.74 Å². The van der Waals surface area contributed by atoms with Crippen molar-refractivity contribution in [1.82, 2.24) is 15.5 Å². The zero-order valence-electron chi connectivity index (χ0n) is 12.9. The number of nitrogens with zero attached hydrogens (tertiary/aromatic N) is 1. The summed E-state index contributed by atoms with van der Waals surface area (Å²) in [5.74, 6) is 0.0312. The molecule has 122 valence electrons. The van der Waals surface area contributed by atoms with Gasteiger partial charge >= 0.3 is 0 Å². The second kappa shape index (κ2) is 10.6. The summed E-state index contributed by atoms with van der Waals surface area (Å²) in [6, 6.07) is 0.497. The predicted molar refractivity (Wildman–Crippen MR) is 87.1 cm³/mol. The average molecular weight is 330 g/mol. The Labute approximate surface area is 135 Å². The first-order valence-corrected chi connectivity index (χ1v) is 6.76. The molecule has 0 aromatic carbocycles. The number of ether oxygens (including phenoxy) is 1. The molecule has 1 aliphatic heterocycles. The molecule has 0 bridgehead atoms. The van der Waals surface area contributed by atoms with Crippen molar-refractivity contribution in [1.29, 1.82) is 0 Å². The van der Waals surface area contributed by atoms with Gasteiger partial charge in [-0.15, -0.1) is 24.8 Å². The number of likely N-dealkylation sites (N-methyl/N-ethyl adjacent to an activating group) is 1. The molecule has 0 unspecified atom stereocenters. The van der Waals surface area contributed by atoms with E-state index < -0.39 is 5.60 Å². The smallest absolute Gasteiger partial charge is 0.252 e. The topological polar surface area (TPSA) is 53.6 Å². The Balaban J connectivity index is 0. The molecule has 0 aromatic rings. The van der Waals surface area contributed by atoms with Crippen LogP contribution >= 0.6 is 24.8 Å². The van der Waals surface area contributed by atoms with Crippen LogP contribution in [0, 0.1) is 0 Å². The number of carbonyl (C=O) groups excluding carboxylic acids is 1. The van der Waals surface area contributed by atoms with Crippen molar-refractivity contribution in [3.05, 3.63) is 0 Å². The maximum Gasteiger partial charge on any atom is 0.252 e. The molecular formula is C13H29Cl2N3O2. The van der Waals surface area contributed by atoms with E-state index >= 15 is 0 Å². The minimum atomic E-state index is -0.623. The maximum absolute atomic E-state index is 12.2. The van der Waals surface area contributed by atoms with Crippen LogP contribution < -0.4 is 10.6 Å². The SMILES string of the molecule is COC1(C(=O)NCCN(C)C(C)C)CCNCC1.Cl.Cl. The van der Waals surface area contributed by atoms with Crippen LogP contribution in [0.3, 0.4) is 0 Å². The van der Waals surface area contributed by atoms with Crippen LogP contribution in [-0.4, -0.2) is 62.8 Å². The van der Waals surface area contributed by atoms with Gasteiger partial charge in [0.2, 0.25) is 0 Å². The minimum absolute atomic E-state index is 0. The number of nitrogens with one attached hydrogen (secondary N) is 2. The highest BCUT2D eigenvalue weighted by molar-refractivity contribution is 5.86. The van der Waals surface area contributed by atoms with Crippen molar-refractivity contribution < 1.29 is 9.53 Å². The monoisotopic (exact) mass is 329 g/mol. The quantitative estimate of drug-likeness (QED) is 0.765. The van der Waals surface area contributed by atoms with Crippen LogP contribution in [0.2, 0.25) is 0 Å². The van der Waals surface area contributed by atoms with Gasteiger partial charge in [-0.2, -0.15) is 0 Å². The second-order valence-corrected chi connectivity index (χ2v) is 5.28. The summed E-state index contributed by atoms with van der Waals surface area (Å²) >= 11 is 0. The number of halogens is 2. The Morgan fingerprint density at radius 3 is 2.35 bits per heavy atom. The van der Waals surface area contributed by atoms with E-state index in [-0.39, 0.29) is 30.7 Å². The van der Waals surface area contributed by atoms with Crippen molar-refractivity contribution in [2.75, 3.05) is 40.3 Å². The normalized spacial score (nSPS) is 17.3. The van der Waals surface area contributed by atoms with Gasteiger partial charge in [0.05, 0.1) is 0 Å². The summed E-state index contributed by atoms with van der Waals surface area (Å²) in [6.07, 6.45) is 1.49. The molecule has 0 aromatic heterocycles. The molecule has 2 N–H and O–H groups in total. The molecule has 1 amide bonds. The van der Waals surface area contributed by atoms with E-state index in [0.717, 1.165) is 32.5 Å². The minimum Gasteiger partial charge on any atom is -0.368 e. The zero-order valence-corrected chi connectivity index (χ0v) is 14.5.